The molecule has 0 atom stereocenters. The number of hydrogen-bond acceptors (Lipinski definition) is 2. The van der Waals surface area contributed by atoms with Gasteiger partial charge in [-0.1, -0.05) is 26.0 Å². The minimum Gasteiger partial charge on any atom is -0.457 e. The van der Waals surface area contributed by atoms with Crippen LogP contribution in [0.5, 0.6) is 11.5 Å². The number of hydrogen-bond donors (Lipinski definition) is 0. The SMILES string of the molecule is CC(C)c1ccc(Oc2ccncc2)cc1. The van der Waals surface area contributed by atoms with Crippen LogP contribution in [0, 0.1) is 0 Å². The highest BCUT2D eigenvalue weighted by molar-refractivity contribution is 5.32. The van der Waals surface area contributed by atoms with Gasteiger partial charge in [-0.2, -0.15) is 0 Å². The average molecular weight is 213 g/mol. The van der Waals surface area contributed by atoms with Crippen LogP contribution in [0.3, 0.4) is 0 Å². The fourth-order valence-corrected chi connectivity index (χ4v) is 1.46. The zero-order chi connectivity index (χ0) is 11.4. The molecule has 2 rings (SSSR count). The van der Waals surface area contributed by atoms with Gasteiger partial charge in [-0.25, -0.2) is 0 Å². The van der Waals surface area contributed by atoms with E-state index in [1.807, 2.05) is 24.3 Å². The molecule has 1 aromatic heterocycles. The summed E-state index contributed by atoms with van der Waals surface area (Å²) in [6, 6.07) is 11.9. The summed E-state index contributed by atoms with van der Waals surface area (Å²) in [6.45, 7) is 4.36. The summed E-state index contributed by atoms with van der Waals surface area (Å²) in [5.74, 6) is 2.22. The van der Waals surface area contributed by atoms with E-state index in [1.165, 1.54) is 5.56 Å². The lowest BCUT2D eigenvalue weighted by Crippen LogP contribution is -1.88. The summed E-state index contributed by atoms with van der Waals surface area (Å²) in [5, 5.41) is 0. The number of aromatic nitrogens is 1. The van der Waals surface area contributed by atoms with E-state index in [1.54, 1.807) is 12.4 Å². The molecular weight excluding hydrogens is 198 g/mol. The van der Waals surface area contributed by atoms with E-state index in [0.29, 0.717) is 5.92 Å². The molecule has 82 valence electrons. The quantitative estimate of drug-likeness (QED) is 0.768. The Morgan fingerprint density at radius 3 is 2.00 bits per heavy atom. The lowest BCUT2D eigenvalue weighted by molar-refractivity contribution is 0.481. The van der Waals surface area contributed by atoms with Crippen LogP contribution in [0.15, 0.2) is 48.8 Å². The highest BCUT2D eigenvalue weighted by Gasteiger charge is 2.00. The topological polar surface area (TPSA) is 22.1 Å². The van der Waals surface area contributed by atoms with Gasteiger partial charge in [0.25, 0.3) is 0 Å². The molecule has 0 spiro atoms. The Bertz CT molecular complexity index is 434. The van der Waals surface area contributed by atoms with Gasteiger partial charge < -0.3 is 4.74 Å². The maximum atomic E-state index is 5.67. The zero-order valence-electron chi connectivity index (χ0n) is 9.55. The molecular formula is C14H15NO. The van der Waals surface area contributed by atoms with Crippen molar-refractivity contribution in [2.24, 2.45) is 0 Å². The fraction of sp³-hybridized carbons (Fsp3) is 0.214. The number of ether oxygens (including phenoxy) is 1. The molecule has 2 aromatic rings. The molecule has 0 aliphatic carbocycles. The molecule has 0 saturated carbocycles. The van der Waals surface area contributed by atoms with Gasteiger partial charge in [0.1, 0.15) is 11.5 Å². The maximum absolute atomic E-state index is 5.67. The van der Waals surface area contributed by atoms with Crippen LogP contribution in [0.2, 0.25) is 0 Å². The normalized spacial score (nSPS) is 10.4. The summed E-state index contributed by atoms with van der Waals surface area (Å²) in [5.41, 5.74) is 1.32. The number of nitrogens with zero attached hydrogens (tertiary/aromatic N) is 1. The molecule has 0 aliphatic rings. The molecule has 0 bridgehead atoms. The molecule has 0 radical (unpaired) electrons. The summed E-state index contributed by atoms with van der Waals surface area (Å²) in [4.78, 5) is 3.94. The Morgan fingerprint density at radius 1 is 0.875 bits per heavy atom. The van der Waals surface area contributed by atoms with Gasteiger partial charge in [0.15, 0.2) is 0 Å². The van der Waals surface area contributed by atoms with Gasteiger partial charge in [0, 0.05) is 12.4 Å². The van der Waals surface area contributed by atoms with E-state index in [4.69, 9.17) is 4.74 Å². The number of rotatable bonds is 3. The number of pyridine rings is 1. The second-order valence-electron chi connectivity index (χ2n) is 4.01. The molecule has 0 fully saturated rings. The molecule has 1 aromatic carbocycles. The Hall–Kier alpha value is -1.83. The minimum atomic E-state index is 0.551. The zero-order valence-corrected chi connectivity index (χ0v) is 9.55. The van der Waals surface area contributed by atoms with E-state index < -0.39 is 0 Å². The van der Waals surface area contributed by atoms with Crippen molar-refractivity contribution in [3.63, 3.8) is 0 Å². The summed E-state index contributed by atoms with van der Waals surface area (Å²) in [6.07, 6.45) is 3.44. The highest BCUT2D eigenvalue weighted by atomic mass is 16.5. The molecule has 0 saturated heterocycles. The van der Waals surface area contributed by atoms with Crippen molar-refractivity contribution in [2.45, 2.75) is 19.8 Å². The monoisotopic (exact) mass is 213 g/mol. The molecule has 0 N–H and O–H groups in total. The Balaban J connectivity index is 2.11. The van der Waals surface area contributed by atoms with Crippen LogP contribution in [0.1, 0.15) is 25.3 Å². The smallest absolute Gasteiger partial charge is 0.130 e. The second-order valence-corrected chi connectivity index (χ2v) is 4.01. The predicted octanol–water partition coefficient (Wildman–Crippen LogP) is 4.00. The molecule has 2 heteroatoms. The molecule has 2 nitrogen and oxygen atoms in total. The van der Waals surface area contributed by atoms with Crippen molar-refractivity contribution in [1.29, 1.82) is 0 Å². The lowest BCUT2D eigenvalue weighted by atomic mass is 10.0. The van der Waals surface area contributed by atoms with Crippen LogP contribution in [-0.2, 0) is 0 Å². The molecule has 1 heterocycles. The average Bonchev–Trinajstić information content (AvgIpc) is 2.31. The van der Waals surface area contributed by atoms with Crippen molar-refractivity contribution in [3.05, 3.63) is 54.4 Å². The lowest BCUT2D eigenvalue weighted by Gasteiger charge is -2.08. The number of benzene rings is 1. The minimum absolute atomic E-state index is 0.551. The first-order valence-electron chi connectivity index (χ1n) is 5.43. The molecule has 0 aliphatic heterocycles. The van der Waals surface area contributed by atoms with Gasteiger partial charge in [-0.15, -0.1) is 0 Å². The third kappa shape index (κ3) is 2.60. The van der Waals surface area contributed by atoms with Crippen LogP contribution in [-0.4, -0.2) is 4.98 Å². The Kier molecular flexibility index (Phi) is 3.20. The van der Waals surface area contributed by atoms with E-state index >= 15 is 0 Å². The summed E-state index contributed by atoms with van der Waals surface area (Å²) < 4.78 is 5.67. The van der Waals surface area contributed by atoms with Gasteiger partial charge >= 0.3 is 0 Å². The summed E-state index contributed by atoms with van der Waals surface area (Å²) >= 11 is 0. The molecule has 16 heavy (non-hydrogen) atoms. The van der Waals surface area contributed by atoms with Crippen LogP contribution in [0.25, 0.3) is 0 Å². The second kappa shape index (κ2) is 4.79. The van der Waals surface area contributed by atoms with Gasteiger partial charge in [-0.05, 0) is 35.7 Å². The van der Waals surface area contributed by atoms with Gasteiger partial charge in [0.2, 0.25) is 0 Å². The van der Waals surface area contributed by atoms with Crippen LogP contribution >= 0.6 is 0 Å². The Labute approximate surface area is 95.9 Å². The van der Waals surface area contributed by atoms with Gasteiger partial charge in [-0.3, -0.25) is 4.98 Å². The van der Waals surface area contributed by atoms with Crippen LogP contribution < -0.4 is 4.74 Å². The van der Waals surface area contributed by atoms with Crippen LogP contribution in [0.4, 0.5) is 0 Å². The molecule has 0 unspecified atom stereocenters. The largest absolute Gasteiger partial charge is 0.457 e. The van der Waals surface area contributed by atoms with Gasteiger partial charge in [0.05, 0.1) is 0 Å². The third-order valence-electron chi connectivity index (χ3n) is 2.43. The first-order valence-corrected chi connectivity index (χ1v) is 5.43. The Morgan fingerprint density at radius 2 is 1.44 bits per heavy atom. The van der Waals surface area contributed by atoms with E-state index in [0.717, 1.165) is 11.5 Å². The highest BCUT2D eigenvalue weighted by Crippen LogP contribution is 2.23. The van der Waals surface area contributed by atoms with E-state index in [2.05, 4.69) is 31.0 Å². The standard InChI is InChI=1S/C14H15NO/c1-11(2)12-3-5-13(6-4-12)16-14-7-9-15-10-8-14/h3-11H,1-2H3. The van der Waals surface area contributed by atoms with Crippen molar-refractivity contribution in [1.82, 2.24) is 4.98 Å². The predicted molar refractivity (Wildman–Crippen MR) is 64.8 cm³/mol. The fourth-order valence-electron chi connectivity index (χ4n) is 1.46. The van der Waals surface area contributed by atoms with Crippen molar-refractivity contribution in [3.8, 4) is 11.5 Å². The first-order chi connectivity index (χ1) is 7.75. The van der Waals surface area contributed by atoms with E-state index in [-0.39, 0.29) is 0 Å². The third-order valence-corrected chi connectivity index (χ3v) is 2.43. The molecule has 0 amide bonds. The van der Waals surface area contributed by atoms with Crippen molar-refractivity contribution >= 4 is 0 Å². The maximum Gasteiger partial charge on any atom is 0.130 e. The van der Waals surface area contributed by atoms with E-state index in [9.17, 15) is 0 Å². The van der Waals surface area contributed by atoms with Crippen molar-refractivity contribution in [2.75, 3.05) is 0 Å². The van der Waals surface area contributed by atoms with Crippen molar-refractivity contribution < 1.29 is 4.74 Å². The first kappa shape index (κ1) is 10.7. The summed E-state index contributed by atoms with van der Waals surface area (Å²) in [7, 11) is 0.